The Morgan fingerprint density at radius 1 is 1.24 bits per heavy atom. The molecule has 0 spiro atoms. The molecule has 0 radical (unpaired) electrons. The molecule has 0 aliphatic carbocycles. The van der Waals surface area contributed by atoms with Gasteiger partial charge in [0.1, 0.15) is 6.04 Å². The predicted octanol–water partition coefficient (Wildman–Crippen LogP) is 1.67. The van der Waals surface area contributed by atoms with Crippen LogP contribution >= 0.6 is 0 Å². The molecule has 17 heavy (non-hydrogen) atoms. The van der Waals surface area contributed by atoms with E-state index in [-0.39, 0.29) is 0 Å². The van der Waals surface area contributed by atoms with Gasteiger partial charge in [-0.25, -0.2) is 4.79 Å². The van der Waals surface area contributed by atoms with Gasteiger partial charge in [-0.2, -0.15) is 0 Å². The zero-order valence-electron chi connectivity index (χ0n) is 9.51. The molecule has 0 unspecified atom stereocenters. The molecule has 0 saturated carbocycles. The molecular weight excluding hydrogens is 216 g/mol. The first-order valence-corrected chi connectivity index (χ1v) is 5.34. The van der Waals surface area contributed by atoms with E-state index in [1.807, 2.05) is 30.3 Å². The lowest BCUT2D eigenvalue weighted by Gasteiger charge is -2.11. The number of esters is 1. The van der Waals surface area contributed by atoms with Crippen LogP contribution in [0.3, 0.4) is 0 Å². The van der Waals surface area contributed by atoms with Gasteiger partial charge in [0.2, 0.25) is 0 Å². The minimum atomic E-state index is -0.673. The van der Waals surface area contributed by atoms with Crippen LogP contribution in [0.25, 0.3) is 10.8 Å². The Morgan fingerprint density at radius 2 is 1.94 bits per heavy atom. The van der Waals surface area contributed by atoms with Gasteiger partial charge in [-0.1, -0.05) is 30.3 Å². The number of anilines is 1. The molecule has 2 rings (SSSR count). The largest absolute Gasteiger partial charge is 0.423 e. The average Bonchev–Trinajstić information content (AvgIpc) is 2.32. The molecule has 1 atom stereocenters. The summed E-state index contributed by atoms with van der Waals surface area (Å²) in [6, 6.07) is 10.5. The van der Waals surface area contributed by atoms with Gasteiger partial charge >= 0.3 is 5.97 Å². The Labute approximate surface area is 99.2 Å². The molecule has 4 nitrogen and oxygen atoms in total. The third-order valence-electron chi connectivity index (χ3n) is 2.48. The van der Waals surface area contributed by atoms with E-state index in [0.29, 0.717) is 11.4 Å². The number of hydrogen-bond donors (Lipinski definition) is 2. The zero-order chi connectivity index (χ0) is 12.4. The van der Waals surface area contributed by atoms with Crippen molar-refractivity contribution >= 4 is 22.4 Å². The van der Waals surface area contributed by atoms with Crippen molar-refractivity contribution in [2.75, 3.05) is 5.73 Å². The van der Waals surface area contributed by atoms with Crippen molar-refractivity contribution in [1.82, 2.24) is 0 Å². The van der Waals surface area contributed by atoms with Crippen LogP contribution < -0.4 is 16.2 Å². The number of carbonyl (C=O) groups excluding carboxylic acids is 1. The fraction of sp³-hybridized carbons (Fsp3) is 0.154. The minimum Gasteiger partial charge on any atom is -0.423 e. The quantitative estimate of drug-likeness (QED) is 0.467. The molecule has 0 bridgehead atoms. The third kappa shape index (κ3) is 2.21. The van der Waals surface area contributed by atoms with Crippen LogP contribution in [0.15, 0.2) is 36.4 Å². The van der Waals surface area contributed by atoms with Gasteiger partial charge < -0.3 is 16.2 Å². The molecule has 0 aliphatic heterocycles. The van der Waals surface area contributed by atoms with Gasteiger partial charge in [0, 0.05) is 5.39 Å². The molecular formula is C13H14N2O2. The normalized spacial score (nSPS) is 12.4. The Morgan fingerprint density at radius 3 is 2.65 bits per heavy atom. The molecule has 0 saturated heterocycles. The lowest BCUT2D eigenvalue weighted by atomic mass is 10.1. The number of rotatable bonds is 2. The standard InChI is InChI=1S/C13H14N2O2/c1-8(14)13(16)17-12-10-5-3-2-4-9(10)6-7-11(12)15/h2-8H,14-15H2,1H3/t8-/m0/s1. The van der Waals surface area contributed by atoms with Crippen molar-refractivity contribution in [2.24, 2.45) is 5.73 Å². The van der Waals surface area contributed by atoms with Gasteiger partial charge in [-0.15, -0.1) is 0 Å². The molecule has 2 aromatic rings. The molecule has 0 amide bonds. The molecule has 0 aliphatic rings. The second-order valence-electron chi connectivity index (χ2n) is 3.91. The van der Waals surface area contributed by atoms with Gasteiger partial charge in [-0.3, -0.25) is 0 Å². The highest BCUT2D eigenvalue weighted by atomic mass is 16.5. The summed E-state index contributed by atoms with van der Waals surface area (Å²) in [5.74, 6) is -0.113. The first kappa shape index (κ1) is 11.4. The molecule has 0 aromatic heterocycles. The highest BCUT2D eigenvalue weighted by Crippen LogP contribution is 2.31. The Kier molecular flexibility index (Phi) is 2.97. The summed E-state index contributed by atoms with van der Waals surface area (Å²) in [6.07, 6.45) is 0. The van der Waals surface area contributed by atoms with Crippen molar-refractivity contribution < 1.29 is 9.53 Å². The number of fused-ring (bicyclic) bond motifs is 1. The third-order valence-corrected chi connectivity index (χ3v) is 2.48. The summed E-state index contributed by atoms with van der Waals surface area (Å²) in [5, 5.41) is 1.77. The Balaban J connectivity index is 2.51. The maximum atomic E-state index is 11.5. The van der Waals surface area contributed by atoms with Crippen molar-refractivity contribution in [3.8, 4) is 5.75 Å². The van der Waals surface area contributed by atoms with E-state index in [0.717, 1.165) is 10.8 Å². The van der Waals surface area contributed by atoms with Crippen LogP contribution in [0.5, 0.6) is 5.75 Å². The summed E-state index contributed by atoms with van der Waals surface area (Å²) in [4.78, 5) is 11.5. The summed E-state index contributed by atoms with van der Waals surface area (Å²) >= 11 is 0. The van der Waals surface area contributed by atoms with Crippen molar-refractivity contribution in [3.63, 3.8) is 0 Å². The molecule has 4 N–H and O–H groups in total. The number of benzene rings is 2. The monoisotopic (exact) mass is 230 g/mol. The average molecular weight is 230 g/mol. The number of carbonyl (C=O) groups is 1. The lowest BCUT2D eigenvalue weighted by molar-refractivity contribution is -0.135. The second kappa shape index (κ2) is 4.43. The first-order valence-electron chi connectivity index (χ1n) is 5.34. The van der Waals surface area contributed by atoms with Gasteiger partial charge in [0.25, 0.3) is 0 Å². The number of nitrogen functional groups attached to an aromatic ring is 1. The minimum absolute atomic E-state index is 0.380. The fourth-order valence-electron chi connectivity index (χ4n) is 1.57. The van der Waals surface area contributed by atoms with Gasteiger partial charge in [-0.05, 0) is 18.4 Å². The maximum absolute atomic E-state index is 11.5. The van der Waals surface area contributed by atoms with Crippen LogP contribution in [-0.2, 0) is 4.79 Å². The van der Waals surface area contributed by atoms with E-state index in [1.54, 1.807) is 13.0 Å². The van der Waals surface area contributed by atoms with E-state index in [2.05, 4.69) is 0 Å². The van der Waals surface area contributed by atoms with Crippen LogP contribution in [0.4, 0.5) is 5.69 Å². The zero-order valence-corrected chi connectivity index (χ0v) is 9.51. The molecule has 2 aromatic carbocycles. The number of hydrogen-bond acceptors (Lipinski definition) is 4. The fourth-order valence-corrected chi connectivity index (χ4v) is 1.57. The smallest absolute Gasteiger partial charge is 0.328 e. The highest BCUT2D eigenvalue weighted by Gasteiger charge is 2.14. The first-order chi connectivity index (χ1) is 8.09. The summed E-state index contributed by atoms with van der Waals surface area (Å²) in [5.41, 5.74) is 11.7. The number of ether oxygens (including phenoxy) is 1. The number of nitrogens with two attached hydrogens (primary N) is 2. The van der Waals surface area contributed by atoms with Crippen molar-refractivity contribution in [2.45, 2.75) is 13.0 Å². The van der Waals surface area contributed by atoms with Crippen LogP contribution in [0.2, 0.25) is 0 Å². The van der Waals surface area contributed by atoms with Crippen molar-refractivity contribution in [3.05, 3.63) is 36.4 Å². The maximum Gasteiger partial charge on any atom is 0.328 e. The van der Waals surface area contributed by atoms with E-state index in [4.69, 9.17) is 16.2 Å². The highest BCUT2D eigenvalue weighted by molar-refractivity contribution is 5.95. The van der Waals surface area contributed by atoms with Gasteiger partial charge in [0.05, 0.1) is 5.69 Å². The molecule has 88 valence electrons. The van der Waals surface area contributed by atoms with Crippen LogP contribution in [-0.4, -0.2) is 12.0 Å². The predicted molar refractivity (Wildman–Crippen MR) is 67.6 cm³/mol. The SMILES string of the molecule is C[C@H](N)C(=O)Oc1c(N)ccc2ccccc12. The van der Waals surface area contributed by atoms with E-state index in [9.17, 15) is 4.79 Å². The van der Waals surface area contributed by atoms with Crippen LogP contribution in [0, 0.1) is 0 Å². The topological polar surface area (TPSA) is 78.3 Å². The molecule has 0 heterocycles. The molecule has 4 heteroatoms. The van der Waals surface area contributed by atoms with Crippen LogP contribution in [0.1, 0.15) is 6.92 Å². The second-order valence-corrected chi connectivity index (χ2v) is 3.91. The summed E-state index contributed by atoms with van der Waals surface area (Å²) in [6.45, 7) is 1.57. The Hall–Kier alpha value is -2.07. The summed E-state index contributed by atoms with van der Waals surface area (Å²) in [7, 11) is 0. The van der Waals surface area contributed by atoms with E-state index in [1.165, 1.54) is 0 Å². The Bertz CT molecular complexity index is 564. The summed E-state index contributed by atoms with van der Waals surface area (Å²) < 4.78 is 5.23. The molecule has 0 fully saturated rings. The van der Waals surface area contributed by atoms with Gasteiger partial charge in [0.15, 0.2) is 5.75 Å². The lowest BCUT2D eigenvalue weighted by Crippen LogP contribution is -2.31. The van der Waals surface area contributed by atoms with E-state index >= 15 is 0 Å². The van der Waals surface area contributed by atoms with Crippen molar-refractivity contribution in [1.29, 1.82) is 0 Å². The van der Waals surface area contributed by atoms with E-state index < -0.39 is 12.0 Å².